The van der Waals surface area contributed by atoms with Crippen LogP contribution in [0.4, 0.5) is 0 Å². The first-order chi connectivity index (χ1) is 10.8. The third-order valence-electron chi connectivity index (χ3n) is 3.41. The number of nitrogens with zero attached hydrogens (tertiary/aromatic N) is 5. The molecular weight excluding hydrogens is 282 g/mol. The maximum atomic E-state index is 9.62. The number of aromatic nitrogens is 4. The van der Waals surface area contributed by atoms with Gasteiger partial charge in [0.1, 0.15) is 12.2 Å². The fourth-order valence-electron chi connectivity index (χ4n) is 2.33. The fraction of sp³-hybridized carbons (Fsp3) is 0.200. The van der Waals surface area contributed by atoms with E-state index in [0.717, 1.165) is 5.56 Å². The van der Waals surface area contributed by atoms with Crippen molar-refractivity contribution in [2.75, 3.05) is 14.2 Å². The van der Waals surface area contributed by atoms with Crippen LogP contribution in [0.3, 0.4) is 0 Å². The predicted molar refractivity (Wildman–Crippen MR) is 77.8 cm³/mol. The normalized spacial score (nSPS) is 11.9. The van der Waals surface area contributed by atoms with E-state index in [1.165, 1.54) is 0 Å². The number of ether oxygens (including phenoxy) is 2. The molecule has 0 aliphatic heterocycles. The van der Waals surface area contributed by atoms with Crippen molar-refractivity contribution in [3.8, 4) is 17.6 Å². The van der Waals surface area contributed by atoms with Gasteiger partial charge in [0.05, 0.1) is 32.2 Å². The van der Waals surface area contributed by atoms with Crippen molar-refractivity contribution in [2.24, 2.45) is 0 Å². The Morgan fingerprint density at radius 3 is 2.73 bits per heavy atom. The standard InChI is InChI=1S/C15H13N5O2/c1-21-13-4-3-10(5-14(13)22-2)11(6-16)12-7-17-8-15-19-18-9-20(12)15/h3-5,7-9,11H,1-2H3/t11-/m0/s1. The summed E-state index contributed by atoms with van der Waals surface area (Å²) in [5, 5.41) is 17.4. The lowest BCUT2D eigenvalue weighted by molar-refractivity contribution is 0.354. The van der Waals surface area contributed by atoms with Crippen molar-refractivity contribution in [3.63, 3.8) is 0 Å². The second kappa shape index (κ2) is 5.69. The fourth-order valence-corrected chi connectivity index (χ4v) is 2.33. The molecule has 0 aliphatic carbocycles. The van der Waals surface area contributed by atoms with Crippen molar-refractivity contribution in [2.45, 2.75) is 5.92 Å². The summed E-state index contributed by atoms with van der Waals surface area (Å²) in [7, 11) is 3.13. The predicted octanol–water partition coefficient (Wildman–Crippen LogP) is 1.80. The summed E-state index contributed by atoms with van der Waals surface area (Å²) >= 11 is 0. The lowest BCUT2D eigenvalue weighted by Crippen LogP contribution is -2.06. The topological polar surface area (TPSA) is 85.3 Å². The number of methoxy groups -OCH3 is 2. The molecule has 0 saturated carbocycles. The Morgan fingerprint density at radius 1 is 1.18 bits per heavy atom. The summed E-state index contributed by atoms with van der Waals surface area (Å²) < 4.78 is 12.3. The van der Waals surface area contributed by atoms with Gasteiger partial charge in [0.2, 0.25) is 0 Å². The van der Waals surface area contributed by atoms with Gasteiger partial charge in [-0.3, -0.25) is 9.38 Å². The molecule has 2 aromatic heterocycles. The van der Waals surface area contributed by atoms with Crippen LogP contribution in [0.25, 0.3) is 5.65 Å². The van der Waals surface area contributed by atoms with Gasteiger partial charge in [0.15, 0.2) is 17.1 Å². The molecule has 0 saturated heterocycles. The van der Waals surface area contributed by atoms with E-state index in [2.05, 4.69) is 21.3 Å². The third kappa shape index (κ3) is 2.20. The van der Waals surface area contributed by atoms with E-state index in [0.29, 0.717) is 22.8 Å². The van der Waals surface area contributed by atoms with Crippen molar-refractivity contribution in [1.29, 1.82) is 5.26 Å². The van der Waals surface area contributed by atoms with Crippen LogP contribution in [0.5, 0.6) is 11.5 Å². The molecule has 3 aromatic rings. The van der Waals surface area contributed by atoms with Crippen molar-refractivity contribution in [3.05, 3.63) is 48.2 Å². The lowest BCUT2D eigenvalue weighted by atomic mass is 9.97. The molecule has 1 aromatic carbocycles. The summed E-state index contributed by atoms with van der Waals surface area (Å²) in [5.74, 6) is 0.666. The highest BCUT2D eigenvalue weighted by Crippen LogP contribution is 2.32. The average Bonchev–Trinajstić information content (AvgIpc) is 3.04. The minimum absolute atomic E-state index is 0.521. The minimum atomic E-state index is -0.521. The first-order valence-electron chi connectivity index (χ1n) is 6.53. The quantitative estimate of drug-likeness (QED) is 0.729. The van der Waals surface area contributed by atoms with Crippen LogP contribution in [0, 0.1) is 11.3 Å². The molecule has 0 amide bonds. The Bertz CT molecular complexity index is 853. The van der Waals surface area contributed by atoms with Crippen molar-refractivity contribution < 1.29 is 9.47 Å². The van der Waals surface area contributed by atoms with Gasteiger partial charge in [-0.25, -0.2) is 0 Å². The highest BCUT2D eigenvalue weighted by atomic mass is 16.5. The molecule has 0 aliphatic rings. The Labute approximate surface area is 126 Å². The van der Waals surface area contributed by atoms with Crippen molar-refractivity contribution in [1.82, 2.24) is 19.6 Å². The Morgan fingerprint density at radius 2 is 2.00 bits per heavy atom. The van der Waals surface area contributed by atoms with Crippen LogP contribution in [0.2, 0.25) is 0 Å². The highest BCUT2D eigenvalue weighted by molar-refractivity contribution is 5.48. The van der Waals surface area contributed by atoms with Gasteiger partial charge in [-0.15, -0.1) is 10.2 Å². The summed E-state index contributed by atoms with van der Waals surface area (Å²) in [6.45, 7) is 0. The second-order valence-electron chi connectivity index (χ2n) is 4.57. The Balaban J connectivity index is 2.12. The molecular formula is C15H13N5O2. The smallest absolute Gasteiger partial charge is 0.179 e. The zero-order chi connectivity index (χ0) is 15.5. The number of nitriles is 1. The summed E-state index contributed by atoms with van der Waals surface area (Å²) in [5.41, 5.74) is 2.07. The minimum Gasteiger partial charge on any atom is -0.493 e. The first kappa shape index (κ1) is 13.8. The Hall–Kier alpha value is -3.14. The van der Waals surface area contributed by atoms with E-state index in [1.807, 2.05) is 6.07 Å². The number of hydrogen-bond donors (Lipinski definition) is 0. The molecule has 3 rings (SSSR count). The second-order valence-corrected chi connectivity index (χ2v) is 4.57. The van der Waals surface area contributed by atoms with Gasteiger partial charge in [-0.1, -0.05) is 6.07 Å². The van der Waals surface area contributed by atoms with Crippen LogP contribution < -0.4 is 9.47 Å². The van der Waals surface area contributed by atoms with Gasteiger partial charge in [0, 0.05) is 6.20 Å². The van der Waals surface area contributed by atoms with Crippen LogP contribution in [-0.2, 0) is 0 Å². The molecule has 1 atom stereocenters. The third-order valence-corrected chi connectivity index (χ3v) is 3.41. The largest absolute Gasteiger partial charge is 0.493 e. The molecule has 110 valence electrons. The van der Waals surface area contributed by atoms with E-state index >= 15 is 0 Å². The molecule has 0 spiro atoms. The molecule has 7 nitrogen and oxygen atoms in total. The van der Waals surface area contributed by atoms with Crippen molar-refractivity contribution >= 4 is 5.65 Å². The van der Waals surface area contributed by atoms with Gasteiger partial charge < -0.3 is 9.47 Å². The van der Waals surface area contributed by atoms with Gasteiger partial charge in [0.25, 0.3) is 0 Å². The molecule has 0 N–H and O–H groups in total. The van der Waals surface area contributed by atoms with Crippen LogP contribution in [-0.4, -0.2) is 33.8 Å². The lowest BCUT2D eigenvalue weighted by Gasteiger charge is -2.14. The molecule has 0 bridgehead atoms. The van der Waals surface area contributed by atoms with E-state index in [4.69, 9.17) is 9.47 Å². The van der Waals surface area contributed by atoms with Gasteiger partial charge in [-0.2, -0.15) is 5.26 Å². The maximum Gasteiger partial charge on any atom is 0.179 e. The summed E-state index contributed by atoms with van der Waals surface area (Å²) in [6.07, 6.45) is 4.80. The Kier molecular flexibility index (Phi) is 3.58. The SMILES string of the molecule is COc1ccc([C@H](C#N)c2cncc3nncn23)cc1OC. The zero-order valence-corrected chi connectivity index (χ0v) is 12.1. The molecule has 0 unspecified atom stereocenters. The monoisotopic (exact) mass is 295 g/mol. The van der Waals surface area contributed by atoms with Crippen LogP contribution >= 0.6 is 0 Å². The molecule has 22 heavy (non-hydrogen) atoms. The molecule has 7 heteroatoms. The summed E-state index contributed by atoms with van der Waals surface area (Å²) in [4.78, 5) is 4.13. The van der Waals surface area contributed by atoms with Gasteiger partial charge in [-0.05, 0) is 17.7 Å². The first-order valence-corrected chi connectivity index (χ1v) is 6.53. The molecule has 0 fully saturated rings. The number of benzene rings is 1. The zero-order valence-electron chi connectivity index (χ0n) is 12.1. The van der Waals surface area contributed by atoms with E-state index in [-0.39, 0.29) is 0 Å². The molecule has 2 heterocycles. The van der Waals surface area contributed by atoms with E-state index in [9.17, 15) is 5.26 Å². The number of hydrogen-bond acceptors (Lipinski definition) is 6. The average molecular weight is 295 g/mol. The maximum absolute atomic E-state index is 9.62. The van der Waals surface area contributed by atoms with Crippen LogP contribution in [0.15, 0.2) is 36.9 Å². The molecule has 0 radical (unpaired) electrons. The summed E-state index contributed by atoms with van der Waals surface area (Å²) in [6, 6.07) is 7.69. The number of rotatable bonds is 4. The van der Waals surface area contributed by atoms with E-state index < -0.39 is 5.92 Å². The highest BCUT2D eigenvalue weighted by Gasteiger charge is 2.19. The van der Waals surface area contributed by atoms with Crippen LogP contribution in [0.1, 0.15) is 17.2 Å². The van der Waals surface area contributed by atoms with E-state index in [1.54, 1.807) is 49.5 Å². The number of fused-ring (bicyclic) bond motifs is 1. The van der Waals surface area contributed by atoms with Gasteiger partial charge >= 0.3 is 0 Å².